The number of hydrogen-bond donors (Lipinski definition) is 2. The van der Waals surface area contributed by atoms with Crippen LogP contribution in [0.2, 0.25) is 0 Å². The van der Waals surface area contributed by atoms with Crippen LogP contribution < -0.4 is 11.1 Å². The van der Waals surface area contributed by atoms with Crippen molar-refractivity contribution in [1.82, 2.24) is 5.32 Å². The molecule has 1 aliphatic rings. The van der Waals surface area contributed by atoms with Crippen molar-refractivity contribution in [2.75, 3.05) is 19.6 Å². The molecule has 0 saturated heterocycles. The second-order valence-corrected chi connectivity index (χ2v) is 4.94. The van der Waals surface area contributed by atoms with Crippen LogP contribution in [-0.4, -0.2) is 25.5 Å². The average molecular weight is 281 g/mol. The third-order valence-electron chi connectivity index (χ3n) is 3.23. The molecule has 110 valence electrons. The summed E-state index contributed by atoms with van der Waals surface area (Å²) in [5, 5.41) is 3.26. The van der Waals surface area contributed by atoms with Gasteiger partial charge in [0.15, 0.2) is 0 Å². The van der Waals surface area contributed by atoms with E-state index in [0.29, 0.717) is 0 Å². The van der Waals surface area contributed by atoms with Crippen LogP contribution in [0.5, 0.6) is 0 Å². The first-order valence-electron chi connectivity index (χ1n) is 7.43. The van der Waals surface area contributed by atoms with Crippen LogP contribution in [0.3, 0.4) is 0 Å². The first-order chi connectivity index (χ1) is 10.4. The Morgan fingerprint density at radius 3 is 2.05 bits per heavy atom. The molecule has 0 aromatic heterocycles. The lowest BCUT2D eigenvalue weighted by Gasteiger charge is -2.00. The quantitative estimate of drug-likeness (QED) is 0.904. The Bertz CT molecular complexity index is 535. The van der Waals surface area contributed by atoms with Gasteiger partial charge in [0.1, 0.15) is 5.84 Å². The Morgan fingerprint density at radius 2 is 1.52 bits per heavy atom. The lowest BCUT2D eigenvalue weighted by atomic mass is 10.1. The zero-order valence-corrected chi connectivity index (χ0v) is 12.3. The van der Waals surface area contributed by atoms with Crippen LogP contribution in [0.1, 0.15) is 11.1 Å². The van der Waals surface area contributed by atoms with Gasteiger partial charge in [-0.25, -0.2) is 0 Å². The lowest BCUT2D eigenvalue weighted by molar-refractivity contribution is 0.953. The Kier molecular flexibility index (Phi) is 6.49. The second kappa shape index (κ2) is 8.93. The van der Waals surface area contributed by atoms with Crippen molar-refractivity contribution in [2.45, 2.75) is 12.8 Å². The third-order valence-corrected chi connectivity index (χ3v) is 3.23. The highest BCUT2D eigenvalue weighted by Crippen LogP contribution is 2.01. The van der Waals surface area contributed by atoms with Crippen molar-refractivity contribution >= 4 is 5.84 Å². The van der Waals surface area contributed by atoms with Gasteiger partial charge in [0.2, 0.25) is 0 Å². The Labute approximate surface area is 126 Å². The van der Waals surface area contributed by atoms with E-state index in [4.69, 9.17) is 5.73 Å². The summed E-state index contributed by atoms with van der Waals surface area (Å²) < 4.78 is 0. The van der Waals surface area contributed by atoms with E-state index < -0.39 is 0 Å². The van der Waals surface area contributed by atoms with E-state index in [2.05, 4.69) is 46.7 Å². The molecule has 2 aromatic carbocycles. The van der Waals surface area contributed by atoms with Crippen LogP contribution in [-0.2, 0) is 12.8 Å². The maximum absolute atomic E-state index is 5.36. The molecular weight excluding hydrogens is 258 g/mol. The van der Waals surface area contributed by atoms with Crippen molar-refractivity contribution in [3.63, 3.8) is 0 Å². The van der Waals surface area contributed by atoms with Gasteiger partial charge in [-0.1, -0.05) is 60.7 Å². The molecule has 1 aliphatic heterocycles. The Morgan fingerprint density at radius 1 is 0.905 bits per heavy atom. The summed E-state index contributed by atoms with van der Waals surface area (Å²) in [4.78, 5) is 4.34. The molecule has 3 nitrogen and oxygen atoms in total. The largest absolute Gasteiger partial charge is 0.372 e. The summed E-state index contributed by atoms with van der Waals surface area (Å²) in [6.07, 6.45) is 1.93. The number of benzene rings is 2. The smallest absolute Gasteiger partial charge is 0.101 e. The van der Waals surface area contributed by atoms with E-state index in [9.17, 15) is 0 Å². The SMILES string of the molecule is NCCc1ccccc1.c1ccc(CC2=NCCN2)cc1. The van der Waals surface area contributed by atoms with Crippen LogP contribution >= 0.6 is 0 Å². The van der Waals surface area contributed by atoms with Gasteiger partial charge in [-0.3, -0.25) is 4.99 Å². The van der Waals surface area contributed by atoms with Crippen molar-refractivity contribution < 1.29 is 0 Å². The minimum absolute atomic E-state index is 0.740. The van der Waals surface area contributed by atoms with Crippen LogP contribution in [0.4, 0.5) is 0 Å². The number of hydrogen-bond acceptors (Lipinski definition) is 3. The summed E-state index contributed by atoms with van der Waals surface area (Å²) in [6, 6.07) is 20.7. The maximum Gasteiger partial charge on any atom is 0.101 e. The molecule has 3 heteroatoms. The molecule has 0 saturated carbocycles. The van der Waals surface area contributed by atoms with Crippen molar-refractivity contribution in [3.8, 4) is 0 Å². The first kappa shape index (κ1) is 15.3. The fourth-order valence-corrected chi connectivity index (χ4v) is 2.17. The maximum atomic E-state index is 5.36. The van der Waals surface area contributed by atoms with E-state index in [-0.39, 0.29) is 0 Å². The molecule has 1 heterocycles. The van der Waals surface area contributed by atoms with Gasteiger partial charge in [0.25, 0.3) is 0 Å². The number of nitrogens with one attached hydrogen (secondary N) is 1. The highest BCUT2D eigenvalue weighted by atomic mass is 15.1. The van der Waals surface area contributed by atoms with E-state index in [1.165, 1.54) is 11.1 Å². The molecule has 3 N–H and O–H groups in total. The number of aliphatic imine (C=N–C) groups is 1. The number of nitrogens with two attached hydrogens (primary N) is 1. The molecule has 3 rings (SSSR count). The van der Waals surface area contributed by atoms with Crippen molar-refractivity contribution in [2.24, 2.45) is 10.7 Å². The van der Waals surface area contributed by atoms with Gasteiger partial charge in [-0.15, -0.1) is 0 Å². The fraction of sp³-hybridized carbons (Fsp3) is 0.278. The summed E-state index contributed by atoms with van der Waals surface area (Å²) in [6.45, 7) is 2.67. The monoisotopic (exact) mass is 281 g/mol. The van der Waals surface area contributed by atoms with Gasteiger partial charge in [-0.05, 0) is 24.1 Å². The van der Waals surface area contributed by atoms with Gasteiger partial charge >= 0.3 is 0 Å². The van der Waals surface area contributed by atoms with Crippen LogP contribution in [0.15, 0.2) is 65.7 Å². The molecule has 0 fully saturated rings. The summed E-state index contributed by atoms with van der Waals surface area (Å²) >= 11 is 0. The Hall–Kier alpha value is -2.13. The molecule has 0 amide bonds. The van der Waals surface area contributed by atoms with E-state index in [0.717, 1.165) is 38.3 Å². The molecule has 0 aliphatic carbocycles. The molecule has 0 bridgehead atoms. The topological polar surface area (TPSA) is 50.4 Å². The number of nitrogens with zero attached hydrogens (tertiary/aromatic N) is 1. The highest BCUT2D eigenvalue weighted by Gasteiger charge is 2.04. The summed E-state index contributed by atoms with van der Waals surface area (Å²) in [5.74, 6) is 1.13. The molecule has 0 unspecified atom stereocenters. The zero-order valence-electron chi connectivity index (χ0n) is 12.3. The van der Waals surface area contributed by atoms with Gasteiger partial charge in [0, 0.05) is 13.0 Å². The van der Waals surface area contributed by atoms with Crippen molar-refractivity contribution in [3.05, 3.63) is 71.8 Å². The molecule has 0 spiro atoms. The number of amidine groups is 1. The minimum atomic E-state index is 0.740. The summed E-state index contributed by atoms with van der Waals surface area (Å²) in [5.41, 5.74) is 8.00. The molecular formula is C18H23N3. The molecule has 0 atom stereocenters. The molecule has 0 radical (unpaired) electrons. The van der Waals surface area contributed by atoms with Crippen molar-refractivity contribution in [1.29, 1.82) is 0 Å². The predicted molar refractivity (Wildman–Crippen MR) is 89.7 cm³/mol. The van der Waals surface area contributed by atoms with Crippen LogP contribution in [0, 0.1) is 0 Å². The second-order valence-electron chi connectivity index (χ2n) is 4.94. The van der Waals surface area contributed by atoms with E-state index >= 15 is 0 Å². The van der Waals surface area contributed by atoms with Gasteiger partial charge in [0.05, 0.1) is 6.54 Å². The summed E-state index contributed by atoms with van der Waals surface area (Å²) in [7, 11) is 0. The fourth-order valence-electron chi connectivity index (χ4n) is 2.17. The van der Waals surface area contributed by atoms with Gasteiger partial charge in [-0.2, -0.15) is 0 Å². The Balaban J connectivity index is 0.000000161. The van der Waals surface area contributed by atoms with Crippen LogP contribution in [0.25, 0.3) is 0 Å². The molecule has 2 aromatic rings. The van der Waals surface area contributed by atoms with E-state index in [1.807, 2.05) is 24.3 Å². The van der Waals surface area contributed by atoms with E-state index in [1.54, 1.807) is 0 Å². The third kappa shape index (κ3) is 5.79. The minimum Gasteiger partial charge on any atom is -0.372 e. The molecule has 21 heavy (non-hydrogen) atoms. The first-order valence-corrected chi connectivity index (χ1v) is 7.43. The average Bonchev–Trinajstić information content (AvgIpc) is 3.03. The standard InChI is InChI=1S/C10H12N2.C8H11N/c1-2-4-9(5-3-1)8-10-11-6-7-12-10;9-7-6-8-4-2-1-3-5-8/h1-5H,6-8H2,(H,11,12);1-5H,6-7,9H2. The zero-order chi connectivity index (χ0) is 14.8. The lowest BCUT2D eigenvalue weighted by Crippen LogP contribution is -2.20. The van der Waals surface area contributed by atoms with Gasteiger partial charge < -0.3 is 11.1 Å². The number of rotatable bonds is 4. The normalized spacial score (nSPS) is 12.9. The predicted octanol–water partition coefficient (Wildman–Crippen LogP) is 2.42. The highest BCUT2D eigenvalue weighted by molar-refractivity contribution is 5.85.